The summed E-state index contributed by atoms with van der Waals surface area (Å²) in [5, 5.41) is 3.70. The lowest BCUT2D eigenvalue weighted by Crippen LogP contribution is -2.13. The molecule has 0 aliphatic rings. The van der Waals surface area contributed by atoms with Crippen molar-refractivity contribution in [2.45, 2.75) is 18.7 Å². The fraction of sp³-hybridized carbons (Fsp3) is 0.130. The van der Waals surface area contributed by atoms with Gasteiger partial charge in [-0.05, 0) is 73.3 Å². The van der Waals surface area contributed by atoms with Crippen LogP contribution in [0.5, 0.6) is 11.5 Å². The zero-order chi connectivity index (χ0) is 22.2. The van der Waals surface area contributed by atoms with Crippen molar-refractivity contribution < 1.29 is 17.9 Å². The van der Waals surface area contributed by atoms with Crippen LogP contribution >= 0.6 is 11.3 Å². The largest absolute Gasteiger partial charge is 0.456 e. The van der Waals surface area contributed by atoms with Crippen LogP contribution in [0.4, 0.5) is 5.82 Å². The molecule has 0 unspecified atom stereocenters. The van der Waals surface area contributed by atoms with Crippen molar-refractivity contribution >= 4 is 43.0 Å². The molecule has 0 saturated carbocycles. The number of carbonyl (C=O) groups is 1. The van der Waals surface area contributed by atoms with Crippen LogP contribution in [0.1, 0.15) is 20.8 Å². The van der Waals surface area contributed by atoms with Gasteiger partial charge in [0.1, 0.15) is 17.3 Å². The zero-order valence-electron chi connectivity index (χ0n) is 17.2. The molecule has 2 heterocycles. The van der Waals surface area contributed by atoms with E-state index in [-0.39, 0.29) is 10.8 Å². The topological polar surface area (TPSA) is 85.4 Å². The molecule has 0 saturated heterocycles. The summed E-state index contributed by atoms with van der Waals surface area (Å²) in [4.78, 5) is 18.4. The molecule has 0 aliphatic carbocycles. The number of aromatic nitrogens is 1. The molecule has 0 atom stereocenters. The summed E-state index contributed by atoms with van der Waals surface area (Å²) in [5.74, 6) is 1.19. The van der Waals surface area contributed by atoms with Crippen LogP contribution in [0, 0.1) is 13.8 Å². The van der Waals surface area contributed by atoms with E-state index in [4.69, 9.17) is 4.74 Å². The number of ether oxygens (including phenoxy) is 1. The number of hydrogen-bond acceptors (Lipinski definition) is 6. The average Bonchev–Trinajstić information content (AvgIpc) is 3.10. The number of rotatable bonds is 5. The number of hydrogen-bond donors (Lipinski definition) is 1. The number of anilines is 1. The Kier molecular flexibility index (Phi) is 5.51. The number of amides is 1. The summed E-state index contributed by atoms with van der Waals surface area (Å²) in [7, 11) is -3.29. The van der Waals surface area contributed by atoms with Gasteiger partial charge in [0.2, 0.25) is 0 Å². The van der Waals surface area contributed by atoms with Gasteiger partial charge in [0.05, 0.1) is 9.60 Å². The number of aryl methyl sites for hydroxylation is 2. The molecule has 0 spiro atoms. The molecular formula is C23H20N2O4S2. The maximum atomic E-state index is 12.8. The minimum Gasteiger partial charge on any atom is -0.456 e. The summed E-state index contributed by atoms with van der Waals surface area (Å²) in [6, 6.07) is 15.3. The van der Waals surface area contributed by atoms with Crippen LogP contribution in [-0.2, 0) is 9.84 Å². The van der Waals surface area contributed by atoms with E-state index in [0.29, 0.717) is 22.9 Å². The van der Waals surface area contributed by atoms with E-state index in [1.807, 2.05) is 32.0 Å². The van der Waals surface area contributed by atoms with Gasteiger partial charge in [-0.15, -0.1) is 11.3 Å². The second-order valence-electron chi connectivity index (χ2n) is 7.27. The quantitative estimate of drug-likeness (QED) is 0.440. The maximum absolute atomic E-state index is 12.8. The van der Waals surface area contributed by atoms with E-state index in [1.165, 1.54) is 12.1 Å². The van der Waals surface area contributed by atoms with Gasteiger partial charge < -0.3 is 10.1 Å². The number of benzene rings is 2. The lowest BCUT2D eigenvalue weighted by atomic mass is 10.1. The van der Waals surface area contributed by atoms with Crippen LogP contribution in [0.2, 0.25) is 0 Å². The van der Waals surface area contributed by atoms with Crippen molar-refractivity contribution in [1.82, 2.24) is 4.98 Å². The Morgan fingerprint density at radius 2 is 1.77 bits per heavy atom. The van der Waals surface area contributed by atoms with Crippen molar-refractivity contribution in [2.75, 3.05) is 11.6 Å². The fourth-order valence-electron chi connectivity index (χ4n) is 3.07. The first-order chi connectivity index (χ1) is 14.7. The van der Waals surface area contributed by atoms with Crippen LogP contribution < -0.4 is 10.1 Å². The highest BCUT2D eigenvalue weighted by molar-refractivity contribution is 7.90. The normalized spacial score (nSPS) is 11.5. The highest BCUT2D eigenvalue weighted by Crippen LogP contribution is 2.37. The fourth-order valence-corrected chi connectivity index (χ4v) is 4.64. The Hall–Kier alpha value is -3.23. The Bertz CT molecular complexity index is 1370. The highest BCUT2D eigenvalue weighted by Gasteiger charge is 2.15. The molecule has 4 aromatic rings. The van der Waals surface area contributed by atoms with Gasteiger partial charge in [0.25, 0.3) is 5.91 Å². The molecular weight excluding hydrogens is 432 g/mol. The number of fused-ring (bicyclic) bond motifs is 1. The smallest absolute Gasteiger partial charge is 0.256 e. The number of carbonyl (C=O) groups excluding carboxylic acids is 1. The van der Waals surface area contributed by atoms with Crippen molar-refractivity contribution in [3.63, 3.8) is 0 Å². The van der Waals surface area contributed by atoms with E-state index in [0.717, 1.165) is 26.8 Å². The molecule has 0 fully saturated rings. The SMILES string of the molecule is Cc1ccc(NC(=O)c2cc(Oc3ccc(S(C)(=O)=O)cc3)c3sc(C)cc3c2)nc1. The number of nitrogens with one attached hydrogen (secondary N) is 1. The summed E-state index contributed by atoms with van der Waals surface area (Å²) in [6.07, 6.45) is 2.85. The minimum absolute atomic E-state index is 0.218. The molecule has 2 aromatic carbocycles. The zero-order valence-corrected chi connectivity index (χ0v) is 18.8. The molecule has 0 radical (unpaired) electrons. The predicted molar refractivity (Wildman–Crippen MR) is 123 cm³/mol. The van der Waals surface area contributed by atoms with Crippen LogP contribution in [0.15, 0.2) is 65.7 Å². The third kappa shape index (κ3) is 4.76. The number of nitrogens with zero attached hydrogens (tertiary/aromatic N) is 1. The Morgan fingerprint density at radius 1 is 1.03 bits per heavy atom. The number of thiophene rings is 1. The standard InChI is InChI=1S/C23H20N2O4S2/c1-14-4-9-21(24-13-14)25-23(26)17-11-16-10-15(2)30-22(16)20(12-17)29-18-5-7-19(8-6-18)31(3,27)28/h4-13H,1-3H3,(H,24,25,26). The average molecular weight is 453 g/mol. The summed E-state index contributed by atoms with van der Waals surface area (Å²) in [5.41, 5.74) is 1.45. The van der Waals surface area contributed by atoms with Gasteiger partial charge in [-0.3, -0.25) is 4.79 Å². The molecule has 158 valence electrons. The maximum Gasteiger partial charge on any atom is 0.256 e. The number of sulfone groups is 1. The molecule has 0 aliphatic heterocycles. The second-order valence-corrected chi connectivity index (χ2v) is 10.5. The lowest BCUT2D eigenvalue weighted by molar-refractivity contribution is 0.102. The van der Waals surface area contributed by atoms with Crippen LogP contribution in [-0.4, -0.2) is 25.6 Å². The predicted octanol–water partition coefficient (Wildman–Crippen LogP) is 5.36. The highest BCUT2D eigenvalue weighted by atomic mass is 32.2. The first kappa shape index (κ1) is 21.0. The second kappa shape index (κ2) is 8.13. The van der Waals surface area contributed by atoms with Gasteiger partial charge in [-0.1, -0.05) is 6.07 Å². The third-order valence-electron chi connectivity index (χ3n) is 4.60. The van der Waals surface area contributed by atoms with Gasteiger partial charge in [0.15, 0.2) is 9.84 Å². The molecule has 4 rings (SSSR count). The van der Waals surface area contributed by atoms with Crippen molar-refractivity contribution in [2.24, 2.45) is 0 Å². The lowest BCUT2D eigenvalue weighted by Gasteiger charge is -2.10. The molecule has 0 bridgehead atoms. The summed E-state index contributed by atoms with van der Waals surface area (Å²) < 4.78 is 30.3. The first-order valence-electron chi connectivity index (χ1n) is 9.45. The Morgan fingerprint density at radius 3 is 2.42 bits per heavy atom. The third-order valence-corrected chi connectivity index (χ3v) is 6.81. The van der Waals surface area contributed by atoms with Gasteiger partial charge >= 0.3 is 0 Å². The molecule has 6 nitrogen and oxygen atoms in total. The van der Waals surface area contributed by atoms with E-state index in [2.05, 4.69) is 10.3 Å². The van der Waals surface area contributed by atoms with Crippen LogP contribution in [0.25, 0.3) is 10.1 Å². The van der Waals surface area contributed by atoms with Gasteiger partial charge in [0, 0.05) is 22.9 Å². The van der Waals surface area contributed by atoms with Crippen molar-refractivity contribution in [3.8, 4) is 11.5 Å². The van der Waals surface area contributed by atoms with Crippen molar-refractivity contribution in [1.29, 1.82) is 0 Å². The van der Waals surface area contributed by atoms with Gasteiger partial charge in [-0.2, -0.15) is 0 Å². The summed E-state index contributed by atoms with van der Waals surface area (Å²) in [6.45, 7) is 3.92. The van der Waals surface area contributed by atoms with E-state index in [1.54, 1.807) is 41.8 Å². The molecule has 8 heteroatoms. The van der Waals surface area contributed by atoms with E-state index >= 15 is 0 Å². The van der Waals surface area contributed by atoms with Crippen LogP contribution in [0.3, 0.4) is 0 Å². The molecule has 1 N–H and O–H groups in total. The number of pyridine rings is 1. The Labute approximate surface area is 184 Å². The van der Waals surface area contributed by atoms with Crippen molar-refractivity contribution in [3.05, 3.63) is 76.8 Å². The first-order valence-corrected chi connectivity index (χ1v) is 12.2. The monoisotopic (exact) mass is 452 g/mol. The molecule has 31 heavy (non-hydrogen) atoms. The minimum atomic E-state index is -3.29. The summed E-state index contributed by atoms with van der Waals surface area (Å²) >= 11 is 1.57. The molecule has 1 amide bonds. The van der Waals surface area contributed by atoms with Gasteiger partial charge in [-0.25, -0.2) is 13.4 Å². The Balaban J connectivity index is 1.67. The molecule has 2 aromatic heterocycles. The van der Waals surface area contributed by atoms with E-state index in [9.17, 15) is 13.2 Å². The van der Waals surface area contributed by atoms with E-state index < -0.39 is 9.84 Å².